The van der Waals surface area contributed by atoms with Crippen LogP contribution in [0, 0.1) is 0 Å². The molecule has 92 valence electrons. The highest BCUT2D eigenvalue weighted by molar-refractivity contribution is 6.00. The third-order valence-electron chi connectivity index (χ3n) is 2.52. The number of rotatable bonds is 2. The first-order valence-electron chi connectivity index (χ1n) is 5.25. The number of halogens is 3. The van der Waals surface area contributed by atoms with E-state index in [1.54, 1.807) is 24.3 Å². The molecule has 2 rings (SSSR count). The van der Waals surface area contributed by atoms with Gasteiger partial charge in [-0.15, -0.1) is 0 Å². The molecule has 0 atom stereocenters. The van der Waals surface area contributed by atoms with Crippen molar-refractivity contribution in [1.29, 1.82) is 0 Å². The largest absolute Gasteiger partial charge is 0.454 e. The van der Waals surface area contributed by atoms with E-state index in [9.17, 15) is 18.0 Å². The van der Waals surface area contributed by atoms with Crippen molar-refractivity contribution in [2.24, 2.45) is 0 Å². The molecular formula is C14H9F3O. The maximum atomic E-state index is 12.1. The average Bonchev–Trinajstić information content (AvgIpc) is 2.34. The summed E-state index contributed by atoms with van der Waals surface area (Å²) in [6.07, 6.45) is -3.07. The number of hydrogen-bond donors (Lipinski definition) is 0. The van der Waals surface area contributed by atoms with Gasteiger partial charge in [0.05, 0.1) is 0 Å². The quantitative estimate of drug-likeness (QED) is 0.737. The zero-order valence-corrected chi connectivity index (χ0v) is 9.24. The van der Waals surface area contributed by atoms with Crippen molar-refractivity contribution in [2.45, 2.75) is 6.18 Å². The third kappa shape index (κ3) is 2.59. The van der Waals surface area contributed by atoms with Crippen molar-refractivity contribution in [1.82, 2.24) is 0 Å². The molecule has 0 aromatic heterocycles. The zero-order chi connectivity index (χ0) is 13.2. The fourth-order valence-corrected chi connectivity index (χ4v) is 1.66. The van der Waals surface area contributed by atoms with Crippen LogP contribution in [0.5, 0.6) is 0 Å². The van der Waals surface area contributed by atoms with E-state index >= 15 is 0 Å². The van der Waals surface area contributed by atoms with Crippen LogP contribution in [0.3, 0.4) is 0 Å². The first-order chi connectivity index (χ1) is 8.48. The van der Waals surface area contributed by atoms with Crippen molar-refractivity contribution in [3.63, 3.8) is 0 Å². The Labute approximate surface area is 102 Å². The van der Waals surface area contributed by atoms with Crippen molar-refractivity contribution < 1.29 is 18.0 Å². The first kappa shape index (κ1) is 12.4. The van der Waals surface area contributed by atoms with Crippen LogP contribution in [0.2, 0.25) is 0 Å². The maximum absolute atomic E-state index is 12.1. The van der Waals surface area contributed by atoms with Gasteiger partial charge in [-0.05, 0) is 22.4 Å². The van der Waals surface area contributed by atoms with Gasteiger partial charge in [-0.1, -0.05) is 48.5 Å². The zero-order valence-electron chi connectivity index (χ0n) is 9.24. The van der Waals surface area contributed by atoms with Gasteiger partial charge in [0.25, 0.3) is 5.78 Å². The Balaban J connectivity index is 2.38. The Bertz CT molecular complexity index is 606. The summed E-state index contributed by atoms with van der Waals surface area (Å²) in [5.41, 5.74) is 0.589. The van der Waals surface area contributed by atoms with Gasteiger partial charge in [-0.25, -0.2) is 0 Å². The second-order valence-electron chi connectivity index (χ2n) is 3.76. The van der Waals surface area contributed by atoms with E-state index in [0.717, 1.165) is 10.8 Å². The second kappa shape index (κ2) is 4.64. The predicted molar refractivity (Wildman–Crippen MR) is 64.0 cm³/mol. The number of alkyl halides is 3. The van der Waals surface area contributed by atoms with Crippen LogP contribution in [0.1, 0.15) is 5.56 Å². The van der Waals surface area contributed by atoms with E-state index in [-0.39, 0.29) is 0 Å². The average molecular weight is 250 g/mol. The van der Waals surface area contributed by atoms with Crippen LogP contribution in [0.15, 0.2) is 48.5 Å². The van der Waals surface area contributed by atoms with Crippen LogP contribution in [0.4, 0.5) is 13.2 Å². The minimum Gasteiger partial charge on any atom is -0.285 e. The molecule has 0 N–H and O–H groups in total. The third-order valence-corrected chi connectivity index (χ3v) is 2.52. The molecule has 0 fully saturated rings. The Kier molecular flexibility index (Phi) is 3.19. The summed E-state index contributed by atoms with van der Waals surface area (Å²) in [7, 11) is 0. The molecule has 0 radical (unpaired) electrons. The molecule has 0 unspecified atom stereocenters. The van der Waals surface area contributed by atoms with E-state index in [1.165, 1.54) is 6.08 Å². The fraction of sp³-hybridized carbons (Fsp3) is 0.0714. The molecule has 0 saturated heterocycles. The lowest BCUT2D eigenvalue weighted by Crippen LogP contribution is -2.19. The molecule has 2 aromatic carbocycles. The van der Waals surface area contributed by atoms with E-state index < -0.39 is 12.0 Å². The molecular weight excluding hydrogens is 241 g/mol. The number of hydrogen-bond acceptors (Lipinski definition) is 1. The molecule has 0 aliphatic rings. The summed E-state index contributed by atoms with van der Waals surface area (Å²) >= 11 is 0. The smallest absolute Gasteiger partial charge is 0.285 e. The predicted octanol–water partition coefficient (Wildman–Crippen LogP) is 3.98. The van der Waals surface area contributed by atoms with Crippen LogP contribution in [-0.4, -0.2) is 12.0 Å². The topological polar surface area (TPSA) is 17.1 Å². The number of fused-ring (bicyclic) bond motifs is 1. The lowest BCUT2D eigenvalue weighted by atomic mass is 10.0. The first-order valence-corrected chi connectivity index (χ1v) is 5.25. The van der Waals surface area contributed by atoms with Crippen LogP contribution < -0.4 is 0 Å². The van der Waals surface area contributed by atoms with Gasteiger partial charge in [-0.3, -0.25) is 4.79 Å². The van der Waals surface area contributed by atoms with Crippen molar-refractivity contribution >= 4 is 22.6 Å². The van der Waals surface area contributed by atoms with Gasteiger partial charge in [0.2, 0.25) is 0 Å². The molecule has 4 heteroatoms. The summed E-state index contributed by atoms with van der Waals surface area (Å²) in [6.45, 7) is 0. The van der Waals surface area contributed by atoms with Gasteiger partial charge in [-0.2, -0.15) is 13.2 Å². The maximum Gasteiger partial charge on any atom is 0.454 e. The van der Waals surface area contributed by atoms with Crippen LogP contribution >= 0.6 is 0 Å². The SMILES string of the molecule is O=C(/C=C/c1cccc2ccccc12)C(F)(F)F. The summed E-state index contributed by atoms with van der Waals surface area (Å²) < 4.78 is 36.2. The van der Waals surface area contributed by atoms with Gasteiger partial charge < -0.3 is 0 Å². The summed E-state index contributed by atoms with van der Waals surface area (Å²) in [5.74, 6) is -1.85. The highest BCUT2D eigenvalue weighted by Gasteiger charge is 2.35. The Morgan fingerprint density at radius 2 is 1.67 bits per heavy atom. The normalized spacial score (nSPS) is 12.2. The molecule has 1 nitrogen and oxygen atoms in total. The number of allylic oxidation sites excluding steroid dienone is 1. The van der Waals surface area contributed by atoms with E-state index in [4.69, 9.17) is 0 Å². The van der Waals surface area contributed by atoms with E-state index in [1.807, 2.05) is 18.2 Å². The van der Waals surface area contributed by atoms with Gasteiger partial charge in [0, 0.05) is 0 Å². The number of ketones is 1. The molecule has 0 aliphatic carbocycles. The molecule has 0 amide bonds. The van der Waals surface area contributed by atoms with Gasteiger partial charge in [0.1, 0.15) is 0 Å². The van der Waals surface area contributed by atoms with Gasteiger partial charge >= 0.3 is 6.18 Å². The lowest BCUT2D eigenvalue weighted by molar-refractivity contribution is -0.165. The summed E-state index contributed by atoms with van der Waals surface area (Å²) in [6, 6.07) is 12.6. The molecule has 0 spiro atoms. The van der Waals surface area contributed by atoms with Crippen molar-refractivity contribution in [3.05, 3.63) is 54.1 Å². The van der Waals surface area contributed by atoms with Crippen LogP contribution in [-0.2, 0) is 4.79 Å². The highest BCUT2D eigenvalue weighted by atomic mass is 19.4. The summed E-state index contributed by atoms with van der Waals surface area (Å²) in [4.78, 5) is 10.8. The number of carbonyl (C=O) groups excluding carboxylic acids is 1. The number of benzene rings is 2. The molecule has 0 bridgehead atoms. The highest BCUT2D eigenvalue weighted by Crippen LogP contribution is 2.21. The lowest BCUT2D eigenvalue weighted by Gasteiger charge is -2.02. The second-order valence-corrected chi connectivity index (χ2v) is 3.76. The minimum absolute atomic E-state index is 0.557. The molecule has 0 saturated carbocycles. The van der Waals surface area contributed by atoms with Crippen LogP contribution in [0.25, 0.3) is 16.8 Å². The molecule has 18 heavy (non-hydrogen) atoms. The van der Waals surface area contributed by atoms with E-state index in [0.29, 0.717) is 11.6 Å². The van der Waals surface area contributed by atoms with E-state index in [2.05, 4.69) is 0 Å². The molecule has 0 aliphatic heterocycles. The standard InChI is InChI=1S/C14H9F3O/c15-14(16,17)13(18)9-8-11-6-3-5-10-4-1-2-7-12(10)11/h1-9H/b9-8+. The Morgan fingerprint density at radius 1 is 1.00 bits per heavy atom. The van der Waals surface area contributed by atoms with Crippen molar-refractivity contribution in [2.75, 3.05) is 0 Å². The summed E-state index contributed by atoms with van der Waals surface area (Å²) in [5, 5.41) is 1.73. The molecule has 0 heterocycles. The number of carbonyl (C=O) groups is 1. The Hall–Kier alpha value is -2.10. The van der Waals surface area contributed by atoms with Gasteiger partial charge in [0.15, 0.2) is 0 Å². The van der Waals surface area contributed by atoms with Crippen molar-refractivity contribution in [3.8, 4) is 0 Å². The monoisotopic (exact) mass is 250 g/mol. The molecule has 2 aromatic rings. The Morgan fingerprint density at radius 3 is 2.39 bits per heavy atom. The minimum atomic E-state index is -4.82. The fourth-order valence-electron chi connectivity index (χ4n) is 1.66.